The minimum Gasteiger partial charge on any atom is -0.327 e. The lowest BCUT2D eigenvalue weighted by molar-refractivity contribution is -0.140. The van der Waals surface area contributed by atoms with E-state index in [0.29, 0.717) is 0 Å². The van der Waals surface area contributed by atoms with E-state index in [2.05, 4.69) is 0 Å². The molecule has 0 aromatic heterocycles. The number of alkyl halides is 3. The van der Waals surface area contributed by atoms with Gasteiger partial charge in [-0.3, -0.25) is 0 Å². The van der Waals surface area contributed by atoms with E-state index in [4.69, 9.17) is 5.73 Å². The van der Waals surface area contributed by atoms with Crippen molar-refractivity contribution in [3.05, 3.63) is 35.1 Å². The summed E-state index contributed by atoms with van der Waals surface area (Å²) in [6.07, 6.45) is -4.66. The van der Waals surface area contributed by atoms with Gasteiger partial charge in [-0.2, -0.15) is 13.2 Å². The molecule has 2 rings (SSSR count). The van der Waals surface area contributed by atoms with Gasteiger partial charge in [0.2, 0.25) is 0 Å². The third-order valence-electron chi connectivity index (χ3n) is 3.58. The Morgan fingerprint density at radius 1 is 1.24 bits per heavy atom. The van der Waals surface area contributed by atoms with Crippen LogP contribution < -0.4 is 5.73 Å². The van der Waals surface area contributed by atoms with Crippen molar-refractivity contribution >= 4 is 0 Å². The van der Waals surface area contributed by atoms with Crippen LogP contribution in [0.5, 0.6) is 0 Å². The zero-order valence-corrected chi connectivity index (χ0v) is 9.48. The van der Waals surface area contributed by atoms with Crippen LogP contribution in [-0.2, 0) is 6.18 Å². The summed E-state index contributed by atoms with van der Waals surface area (Å²) in [7, 11) is 0. The third-order valence-corrected chi connectivity index (χ3v) is 3.58. The van der Waals surface area contributed by atoms with Crippen LogP contribution >= 0.6 is 0 Å². The summed E-state index contributed by atoms with van der Waals surface area (Å²) in [4.78, 5) is 0. The van der Waals surface area contributed by atoms with E-state index < -0.39 is 17.6 Å². The number of rotatable bonds is 1. The number of nitrogens with two attached hydrogens (primary N) is 1. The fraction of sp³-hybridized carbons (Fsp3) is 0.500. The predicted molar refractivity (Wildman–Crippen MR) is 55.9 cm³/mol. The average molecular weight is 247 g/mol. The van der Waals surface area contributed by atoms with Crippen LogP contribution in [0.2, 0.25) is 0 Å². The number of benzene rings is 1. The first-order valence-corrected chi connectivity index (χ1v) is 5.28. The van der Waals surface area contributed by atoms with Crippen molar-refractivity contribution in [2.45, 2.75) is 32.0 Å². The van der Waals surface area contributed by atoms with Crippen molar-refractivity contribution in [3.63, 3.8) is 0 Å². The molecule has 0 saturated heterocycles. The molecule has 1 fully saturated rings. The zero-order valence-electron chi connectivity index (χ0n) is 9.48. The minimum absolute atomic E-state index is 0.0670. The Labute approximate surface area is 96.6 Å². The Balaban J connectivity index is 2.45. The van der Waals surface area contributed by atoms with Gasteiger partial charge in [-0.25, -0.2) is 4.39 Å². The summed E-state index contributed by atoms with van der Waals surface area (Å²) in [6.45, 7) is 3.64. The molecule has 1 aromatic rings. The van der Waals surface area contributed by atoms with Gasteiger partial charge < -0.3 is 5.73 Å². The summed E-state index contributed by atoms with van der Waals surface area (Å²) in [5.74, 6) is -1.53. The molecule has 0 amide bonds. The molecule has 2 atom stereocenters. The fourth-order valence-corrected chi connectivity index (χ4v) is 2.28. The highest BCUT2D eigenvalue weighted by Crippen LogP contribution is 2.58. The molecule has 1 aromatic carbocycles. The second-order valence-corrected chi connectivity index (χ2v) is 5.03. The lowest BCUT2D eigenvalue weighted by Gasteiger charge is -2.11. The molecule has 0 spiro atoms. The van der Waals surface area contributed by atoms with Crippen LogP contribution in [0.4, 0.5) is 17.6 Å². The molecule has 2 unspecified atom stereocenters. The van der Waals surface area contributed by atoms with Crippen molar-refractivity contribution in [2.24, 2.45) is 11.1 Å². The number of hydrogen-bond donors (Lipinski definition) is 1. The molecule has 5 heteroatoms. The summed E-state index contributed by atoms with van der Waals surface area (Å²) in [6, 6.07) is 3.06. The standard InChI is InChI=1S/C12H13F4N/c1-11(2)8(10(11)17)6-4-3-5-7(9(6)13)12(14,15)16/h3-5,8,10H,17H2,1-2H3. The number of hydrogen-bond acceptors (Lipinski definition) is 1. The van der Waals surface area contributed by atoms with E-state index in [0.717, 1.165) is 6.07 Å². The highest BCUT2D eigenvalue weighted by molar-refractivity contribution is 5.38. The highest BCUT2D eigenvalue weighted by Gasteiger charge is 2.57. The fourth-order valence-electron chi connectivity index (χ4n) is 2.28. The molecule has 1 aliphatic carbocycles. The molecule has 0 radical (unpaired) electrons. The highest BCUT2D eigenvalue weighted by atomic mass is 19.4. The topological polar surface area (TPSA) is 26.0 Å². The van der Waals surface area contributed by atoms with Crippen molar-refractivity contribution in [2.75, 3.05) is 0 Å². The Bertz CT molecular complexity index is 450. The molecule has 2 N–H and O–H groups in total. The Morgan fingerprint density at radius 2 is 1.76 bits per heavy atom. The van der Waals surface area contributed by atoms with Crippen LogP contribution in [0.3, 0.4) is 0 Å². The van der Waals surface area contributed by atoms with Crippen molar-refractivity contribution in [3.8, 4) is 0 Å². The monoisotopic (exact) mass is 247 g/mol. The van der Waals surface area contributed by atoms with Crippen LogP contribution in [0.25, 0.3) is 0 Å². The van der Waals surface area contributed by atoms with Crippen molar-refractivity contribution in [1.82, 2.24) is 0 Å². The van der Waals surface area contributed by atoms with E-state index in [1.807, 2.05) is 13.8 Å². The van der Waals surface area contributed by atoms with Gasteiger partial charge in [-0.05, 0) is 17.0 Å². The lowest BCUT2D eigenvalue weighted by Crippen LogP contribution is -2.10. The quantitative estimate of drug-likeness (QED) is 0.757. The van der Waals surface area contributed by atoms with E-state index in [9.17, 15) is 17.6 Å². The Kier molecular flexibility index (Phi) is 2.51. The maximum atomic E-state index is 13.8. The molecule has 1 nitrogen and oxygen atoms in total. The Hall–Kier alpha value is -1.10. The zero-order chi connectivity index (χ0) is 13.0. The SMILES string of the molecule is CC1(C)C(N)C1c1cccc(C(F)(F)F)c1F. The summed E-state index contributed by atoms with van der Waals surface area (Å²) >= 11 is 0. The predicted octanol–water partition coefficient (Wildman–Crippen LogP) is 3.30. The largest absolute Gasteiger partial charge is 0.419 e. The van der Waals surface area contributed by atoms with Crippen LogP contribution in [0.15, 0.2) is 18.2 Å². The lowest BCUT2D eigenvalue weighted by atomic mass is 10.00. The van der Waals surface area contributed by atoms with Gasteiger partial charge in [-0.1, -0.05) is 26.0 Å². The van der Waals surface area contributed by atoms with Crippen LogP contribution in [-0.4, -0.2) is 6.04 Å². The molecular formula is C12H13F4N. The van der Waals surface area contributed by atoms with Gasteiger partial charge in [0.25, 0.3) is 0 Å². The molecule has 1 aliphatic rings. The number of halogens is 4. The Morgan fingerprint density at radius 3 is 2.18 bits per heavy atom. The van der Waals surface area contributed by atoms with Crippen LogP contribution in [0.1, 0.15) is 30.9 Å². The first-order valence-electron chi connectivity index (χ1n) is 5.28. The van der Waals surface area contributed by atoms with E-state index in [1.165, 1.54) is 12.1 Å². The molecule has 0 bridgehead atoms. The van der Waals surface area contributed by atoms with Gasteiger partial charge in [0.15, 0.2) is 0 Å². The molecule has 1 saturated carbocycles. The third kappa shape index (κ3) is 1.82. The van der Waals surface area contributed by atoms with Crippen molar-refractivity contribution < 1.29 is 17.6 Å². The van der Waals surface area contributed by atoms with Gasteiger partial charge in [0.05, 0.1) is 5.56 Å². The van der Waals surface area contributed by atoms with Crippen LogP contribution in [0, 0.1) is 11.2 Å². The van der Waals surface area contributed by atoms with Crippen molar-refractivity contribution in [1.29, 1.82) is 0 Å². The van der Waals surface area contributed by atoms with Gasteiger partial charge in [0, 0.05) is 12.0 Å². The second-order valence-electron chi connectivity index (χ2n) is 5.03. The average Bonchev–Trinajstić information content (AvgIpc) is 2.65. The van der Waals surface area contributed by atoms with E-state index in [-0.39, 0.29) is 22.9 Å². The molecule has 0 aliphatic heterocycles. The summed E-state index contributed by atoms with van der Waals surface area (Å²) < 4.78 is 51.4. The first-order chi connectivity index (χ1) is 7.67. The van der Waals surface area contributed by atoms with Gasteiger partial charge >= 0.3 is 6.18 Å². The van der Waals surface area contributed by atoms with Gasteiger partial charge in [0.1, 0.15) is 5.82 Å². The molecule has 0 heterocycles. The minimum atomic E-state index is -4.66. The van der Waals surface area contributed by atoms with E-state index >= 15 is 0 Å². The normalized spacial score (nSPS) is 27.0. The second kappa shape index (κ2) is 3.45. The van der Waals surface area contributed by atoms with Gasteiger partial charge in [-0.15, -0.1) is 0 Å². The maximum Gasteiger partial charge on any atom is 0.419 e. The molecule has 17 heavy (non-hydrogen) atoms. The van der Waals surface area contributed by atoms with E-state index in [1.54, 1.807) is 0 Å². The molecular weight excluding hydrogens is 234 g/mol. The summed E-state index contributed by atoms with van der Waals surface area (Å²) in [5, 5.41) is 0. The summed E-state index contributed by atoms with van der Waals surface area (Å²) in [5.41, 5.74) is 4.26. The first kappa shape index (κ1) is 12.4. The maximum absolute atomic E-state index is 13.8. The molecule has 94 valence electrons. The smallest absolute Gasteiger partial charge is 0.327 e.